The maximum atomic E-state index is 11.6. The Morgan fingerprint density at radius 1 is 1.25 bits per heavy atom. The number of hydrogen-bond donors (Lipinski definition) is 2. The van der Waals surface area contributed by atoms with Crippen molar-refractivity contribution in [3.05, 3.63) is 50.7 Å². The molecule has 0 saturated carbocycles. The monoisotopic (exact) mass is 290 g/mol. The fourth-order valence-corrected chi connectivity index (χ4v) is 2.82. The van der Waals surface area contributed by atoms with E-state index in [2.05, 4.69) is 18.4 Å². The van der Waals surface area contributed by atoms with Crippen molar-refractivity contribution in [2.45, 2.75) is 27.4 Å². The van der Waals surface area contributed by atoms with Crippen molar-refractivity contribution in [2.24, 2.45) is 5.84 Å². The van der Waals surface area contributed by atoms with E-state index in [9.17, 15) is 4.79 Å². The van der Waals surface area contributed by atoms with Gasteiger partial charge >= 0.3 is 0 Å². The number of nitrogens with two attached hydrogens (primary N) is 1. The lowest BCUT2D eigenvalue weighted by molar-refractivity contribution is 0.0955. The van der Waals surface area contributed by atoms with Crippen molar-refractivity contribution in [1.82, 2.24) is 5.43 Å². The van der Waals surface area contributed by atoms with Crippen LogP contribution >= 0.6 is 11.3 Å². The molecule has 0 unspecified atom stereocenters. The SMILES string of the molecule is Cc1ccc(C)c(OCc2ccsc2C(=O)NN)c1C. The van der Waals surface area contributed by atoms with Crippen LogP contribution in [0.5, 0.6) is 5.75 Å². The van der Waals surface area contributed by atoms with Crippen LogP contribution in [0.25, 0.3) is 0 Å². The Kier molecular flexibility index (Phi) is 4.42. The van der Waals surface area contributed by atoms with E-state index in [0.717, 1.165) is 22.4 Å². The molecule has 20 heavy (non-hydrogen) atoms. The van der Waals surface area contributed by atoms with E-state index in [4.69, 9.17) is 10.6 Å². The molecule has 0 bridgehead atoms. The van der Waals surface area contributed by atoms with Crippen LogP contribution < -0.4 is 16.0 Å². The summed E-state index contributed by atoms with van der Waals surface area (Å²) in [4.78, 5) is 12.2. The van der Waals surface area contributed by atoms with Gasteiger partial charge in [-0.1, -0.05) is 12.1 Å². The molecule has 0 aliphatic carbocycles. The maximum absolute atomic E-state index is 11.6. The Morgan fingerprint density at radius 3 is 2.65 bits per heavy atom. The third-order valence-corrected chi connectivity index (χ3v) is 4.29. The fraction of sp³-hybridized carbons (Fsp3) is 0.267. The zero-order valence-electron chi connectivity index (χ0n) is 11.8. The molecule has 4 nitrogen and oxygen atoms in total. The van der Waals surface area contributed by atoms with Gasteiger partial charge in [0.05, 0.1) is 4.88 Å². The Morgan fingerprint density at radius 2 is 1.95 bits per heavy atom. The Labute approximate surface area is 122 Å². The molecular formula is C15H18N2O2S. The maximum Gasteiger partial charge on any atom is 0.275 e. The number of nitrogens with one attached hydrogen (secondary N) is 1. The van der Waals surface area contributed by atoms with Gasteiger partial charge in [-0.15, -0.1) is 11.3 Å². The van der Waals surface area contributed by atoms with Gasteiger partial charge in [-0.05, 0) is 48.9 Å². The van der Waals surface area contributed by atoms with E-state index in [1.165, 1.54) is 16.9 Å². The summed E-state index contributed by atoms with van der Waals surface area (Å²) >= 11 is 1.36. The van der Waals surface area contributed by atoms with Gasteiger partial charge in [-0.25, -0.2) is 5.84 Å². The molecule has 0 fully saturated rings. The number of benzene rings is 1. The number of hydrogen-bond acceptors (Lipinski definition) is 4. The number of amides is 1. The van der Waals surface area contributed by atoms with Crippen LogP contribution in [-0.4, -0.2) is 5.91 Å². The molecule has 0 saturated heterocycles. The molecule has 1 heterocycles. The van der Waals surface area contributed by atoms with Gasteiger partial charge in [0.25, 0.3) is 5.91 Å². The quantitative estimate of drug-likeness (QED) is 0.517. The van der Waals surface area contributed by atoms with E-state index in [1.54, 1.807) is 0 Å². The first kappa shape index (κ1) is 14.6. The smallest absolute Gasteiger partial charge is 0.275 e. The first-order chi connectivity index (χ1) is 9.54. The van der Waals surface area contributed by atoms with Crippen LogP contribution in [0.4, 0.5) is 0 Å². The van der Waals surface area contributed by atoms with Crippen LogP contribution in [0.1, 0.15) is 31.9 Å². The van der Waals surface area contributed by atoms with E-state index in [0.29, 0.717) is 11.5 Å². The van der Waals surface area contributed by atoms with Gasteiger partial charge in [0.15, 0.2) is 0 Å². The number of rotatable bonds is 4. The Bertz CT molecular complexity index is 635. The van der Waals surface area contributed by atoms with Crippen LogP contribution in [0.15, 0.2) is 23.6 Å². The summed E-state index contributed by atoms with van der Waals surface area (Å²) in [6.07, 6.45) is 0. The lowest BCUT2D eigenvalue weighted by atomic mass is 10.1. The van der Waals surface area contributed by atoms with E-state index in [1.807, 2.05) is 31.4 Å². The van der Waals surface area contributed by atoms with Gasteiger partial charge in [0.1, 0.15) is 12.4 Å². The molecule has 1 amide bonds. The standard InChI is InChI=1S/C15H18N2O2S/c1-9-4-5-10(2)13(11(9)3)19-8-12-6-7-20-14(12)15(18)17-16/h4-7H,8,16H2,1-3H3,(H,17,18). The van der Waals surface area contributed by atoms with E-state index in [-0.39, 0.29) is 5.91 Å². The number of carbonyl (C=O) groups is 1. The molecule has 0 atom stereocenters. The molecule has 3 N–H and O–H groups in total. The molecule has 0 aliphatic rings. The fourth-order valence-electron chi connectivity index (χ4n) is 2.01. The predicted octanol–water partition coefficient (Wildman–Crippen LogP) is 2.86. The molecule has 106 valence electrons. The number of thiophene rings is 1. The predicted molar refractivity (Wildman–Crippen MR) is 81.0 cm³/mol. The van der Waals surface area contributed by atoms with Gasteiger partial charge in [-0.2, -0.15) is 0 Å². The molecule has 1 aromatic carbocycles. The first-order valence-corrected chi connectivity index (χ1v) is 7.19. The molecule has 0 aliphatic heterocycles. The third kappa shape index (κ3) is 2.84. The minimum absolute atomic E-state index is 0.281. The zero-order chi connectivity index (χ0) is 14.7. The van der Waals surface area contributed by atoms with Crippen molar-refractivity contribution in [2.75, 3.05) is 0 Å². The topological polar surface area (TPSA) is 64.3 Å². The second-order valence-electron chi connectivity index (χ2n) is 4.69. The summed E-state index contributed by atoms with van der Waals surface area (Å²) < 4.78 is 5.91. The molecule has 5 heteroatoms. The van der Waals surface area contributed by atoms with Crippen molar-refractivity contribution in [3.63, 3.8) is 0 Å². The number of nitrogen functional groups attached to an aromatic ring is 1. The third-order valence-electron chi connectivity index (χ3n) is 3.33. The first-order valence-electron chi connectivity index (χ1n) is 6.31. The number of ether oxygens (including phenoxy) is 1. The van der Waals surface area contributed by atoms with Crippen LogP contribution in [0, 0.1) is 20.8 Å². The minimum Gasteiger partial charge on any atom is -0.488 e. The summed E-state index contributed by atoms with van der Waals surface area (Å²) in [5.74, 6) is 5.78. The highest BCUT2D eigenvalue weighted by atomic mass is 32.1. The molecule has 0 spiro atoms. The number of carbonyl (C=O) groups excluding carboxylic acids is 1. The van der Waals surface area contributed by atoms with Crippen LogP contribution in [-0.2, 0) is 6.61 Å². The second kappa shape index (κ2) is 6.07. The highest BCUT2D eigenvalue weighted by Crippen LogP contribution is 2.27. The summed E-state index contributed by atoms with van der Waals surface area (Å²) in [6, 6.07) is 6.00. The Hall–Kier alpha value is -1.85. The van der Waals surface area contributed by atoms with Gasteiger partial charge in [-0.3, -0.25) is 10.2 Å². The highest BCUT2D eigenvalue weighted by molar-refractivity contribution is 7.12. The van der Waals surface area contributed by atoms with Crippen molar-refractivity contribution in [1.29, 1.82) is 0 Å². The van der Waals surface area contributed by atoms with Crippen molar-refractivity contribution in [3.8, 4) is 5.75 Å². The van der Waals surface area contributed by atoms with Gasteiger partial charge in [0, 0.05) is 5.56 Å². The summed E-state index contributed by atoms with van der Waals surface area (Å²) in [5.41, 5.74) is 6.41. The summed E-state index contributed by atoms with van der Waals surface area (Å²) in [5, 5.41) is 1.86. The van der Waals surface area contributed by atoms with E-state index < -0.39 is 0 Å². The number of hydrazine groups is 1. The zero-order valence-corrected chi connectivity index (χ0v) is 12.6. The normalized spacial score (nSPS) is 10.4. The molecular weight excluding hydrogens is 272 g/mol. The average molecular weight is 290 g/mol. The van der Waals surface area contributed by atoms with E-state index >= 15 is 0 Å². The summed E-state index contributed by atoms with van der Waals surface area (Å²) in [6.45, 7) is 6.47. The molecule has 1 aromatic heterocycles. The minimum atomic E-state index is -0.281. The van der Waals surface area contributed by atoms with Crippen molar-refractivity contribution >= 4 is 17.2 Å². The lowest BCUT2D eigenvalue weighted by Crippen LogP contribution is -2.30. The average Bonchev–Trinajstić information content (AvgIpc) is 2.90. The number of aryl methyl sites for hydroxylation is 2. The van der Waals surface area contributed by atoms with Gasteiger partial charge in [0.2, 0.25) is 0 Å². The van der Waals surface area contributed by atoms with Crippen molar-refractivity contribution < 1.29 is 9.53 Å². The molecule has 2 rings (SSSR count). The summed E-state index contributed by atoms with van der Waals surface area (Å²) in [7, 11) is 0. The molecule has 0 radical (unpaired) electrons. The lowest BCUT2D eigenvalue weighted by Gasteiger charge is -2.14. The van der Waals surface area contributed by atoms with Crippen LogP contribution in [0.2, 0.25) is 0 Å². The largest absolute Gasteiger partial charge is 0.488 e. The molecule has 2 aromatic rings. The van der Waals surface area contributed by atoms with Gasteiger partial charge < -0.3 is 4.74 Å². The second-order valence-corrected chi connectivity index (χ2v) is 5.61. The Balaban J connectivity index is 2.20. The van der Waals surface area contributed by atoms with Crippen LogP contribution in [0.3, 0.4) is 0 Å². The highest BCUT2D eigenvalue weighted by Gasteiger charge is 2.13.